The van der Waals surface area contributed by atoms with Gasteiger partial charge in [-0.05, 0) is 41.8 Å². The number of nitrogens with zero attached hydrogens (tertiary/aromatic N) is 3. The Morgan fingerprint density at radius 1 is 0.917 bits per heavy atom. The highest BCUT2D eigenvalue weighted by Crippen LogP contribution is 2.27. The summed E-state index contributed by atoms with van der Waals surface area (Å²) < 4.78 is 35.4. The smallest absolute Gasteiger partial charge is 0.434 e. The number of amides is 1. The van der Waals surface area contributed by atoms with Crippen LogP contribution in [0.25, 0.3) is 11.1 Å². The summed E-state index contributed by atoms with van der Waals surface area (Å²) >= 11 is 0. The molecule has 9 nitrogen and oxygen atoms in total. The second-order valence-electron chi connectivity index (χ2n) is 7.96. The third-order valence-corrected chi connectivity index (χ3v) is 5.37. The molecule has 4 rings (SSSR count). The SMILES string of the molecule is Nc1cncc(C(F)(F)F)n1.O=C(O)c1ccc(-c2ccc(C(=O)N3CCC(O)C(O)C3)cc2)cc1. The van der Waals surface area contributed by atoms with Gasteiger partial charge in [0.1, 0.15) is 5.82 Å². The number of hydrogen-bond donors (Lipinski definition) is 4. The first-order valence-corrected chi connectivity index (χ1v) is 10.7. The zero-order valence-corrected chi connectivity index (χ0v) is 18.8. The van der Waals surface area contributed by atoms with Crippen LogP contribution < -0.4 is 5.73 Å². The number of aromatic carboxylic acids is 1. The summed E-state index contributed by atoms with van der Waals surface area (Å²) in [7, 11) is 0. The van der Waals surface area contributed by atoms with E-state index in [0.717, 1.165) is 17.3 Å². The van der Waals surface area contributed by atoms with E-state index in [1.165, 1.54) is 17.0 Å². The summed E-state index contributed by atoms with van der Waals surface area (Å²) in [5.41, 5.74) is 6.38. The van der Waals surface area contributed by atoms with Crippen LogP contribution in [0.5, 0.6) is 0 Å². The Morgan fingerprint density at radius 3 is 1.92 bits per heavy atom. The first-order chi connectivity index (χ1) is 17.0. The number of anilines is 1. The van der Waals surface area contributed by atoms with Crippen molar-refractivity contribution < 1.29 is 38.1 Å². The number of carbonyl (C=O) groups excluding carboxylic acids is 1. The predicted molar refractivity (Wildman–Crippen MR) is 123 cm³/mol. The molecule has 2 unspecified atom stereocenters. The molecule has 2 heterocycles. The van der Waals surface area contributed by atoms with Crippen LogP contribution >= 0.6 is 0 Å². The molecular formula is C24H23F3N4O5. The second-order valence-corrected chi connectivity index (χ2v) is 7.96. The zero-order valence-electron chi connectivity index (χ0n) is 18.8. The molecule has 36 heavy (non-hydrogen) atoms. The van der Waals surface area contributed by atoms with E-state index in [0.29, 0.717) is 24.7 Å². The van der Waals surface area contributed by atoms with Crippen LogP contribution in [0, 0.1) is 0 Å². The van der Waals surface area contributed by atoms with Gasteiger partial charge in [-0.25, -0.2) is 9.78 Å². The van der Waals surface area contributed by atoms with Gasteiger partial charge in [-0.3, -0.25) is 9.78 Å². The molecule has 1 aliphatic heterocycles. The molecule has 190 valence electrons. The Kier molecular flexibility index (Phi) is 8.22. The van der Waals surface area contributed by atoms with Crippen molar-refractivity contribution in [2.24, 2.45) is 0 Å². The molecule has 1 saturated heterocycles. The lowest BCUT2D eigenvalue weighted by atomic mass is 10.0. The van der Waals surface area contributed by atoms with E-state index in [-0.39, 0.29) is 23.8 Å². The van der Waals surface area contributed by atoms with Gasteiger partial charge < -0.3 is 26.0 Å². The number of rotatable bonds is 3. The molecule has 1 aliphatic rings. The predicted octanol–water partition coefficient (Wildman–Crippen LogP) is 2.70. The Labute approximate surface area is 203 Å². The maximum absolute atomic E-state index is 12.5. The molecule has 0 saturated carbocycles. The number of benzene rings is 2. The fourth-order valence-corrected chi connectivity index (χ4v) is 3.41. The van der Waals surface area contributed by atoms with Crippen LogP contribution in [0.1, 0.15) is 32.8 Å². The van der Waals surface area contributed by atoms with Crippen molar-refractivity contribution in [1.82, 2.24) is 14.9 Å². The molecule has 0 radical (unpaired) electrons. The van der Waals surface area contributed by atoms with Gasteiger partial charge in [-0.2, -0.15) is 13.2 Å². The quantitative estimate of drug-likeness (QED) is 0.425. The summed E-state index contributed by atoms with van der Waals surface area (Å²) in [6, 6.07) is 13.6. The first kappa shape index (κ1) is 26.6. The fraction of sp³-hybridized carbons (Fsp3) is 0.250. The number of nitrogen functional groups attached to an aromatic ring is 1. The van der Waals surface area contributed by atoms with Gasteiger partial charge in [0.05, 0.1) is 30.2 Å². The van der Waals surface area contributed by atoms with Crippen LogP contribution in [-0.2, 0) is 6.18 Å². The van der Waals surface area contributed by atoms with Gasteiger partial charge in [-0.15, -0.1) is 0 Å². The zero-order chi connectivity index (χ0) is 26.5. The molecule has 2 aromatic carbocycles. The van der Waals surface area contributed by atoms with Crippen molar-refractivity contribution in [3.8, 4) is 11.1 Å². The number of nitrogens with two attached hydrogens (primary N) is 1. The number of halogens is 3. The Bertz CT molecular complexity index is 1200. The number of aliphatic hydroxyl groups excluding tert-OH is 2. The van der Waals surface area contributed by atoms with Crippen molar-refractivity contribution in [2.45, 2.75) is 24.8 Å². The Morgan fingerprint density at radius 2 is 1.47 bits per heavy atom. The molecule has 3 aromatic rings. The molecule has 5 N–H and O–H groups in total. The largest absolute Gasteiger partial charge is 0.478 e. The fourth-order valence-electron chi connectivity index (χ4n) is 3.41. The molecule has 1 aromatic heterocycles. The molecular weight excluding hydrogens is 481 g/mol. The van der Waals surface area contributed by atoms with Crippen molar-refractivity contribution in [2.75, 3.05) is 18.8 Å². The lowest BCUT2D eigenvalue weighted by Gasteiger charge is -2.33. The summed E-state index contributed by atoms with van der Waals surface area (Å²) in [5.74, 6) is -1.39. The lowest BCUT2D eigenvalue weighted by Crippen LogP contribution is -2.48. The standard InChI is InChI=1S/C19H19NO5.C5H4F3N3/c21-16-9-10-20(11-17(16)22)18(23)14-5-1-12(2-6-14)13-3-7-15(8-4-13)19(24)25;6-5(7,8)3-1-10-2-4(9)11-3/h1-8,16-17,21-22H,9-11H2,(H,24,25);1-2H,(H2,9,11). The van der Waals surface area contributed by atoms with Gasteiger partial charge in [-0.1, -0.05) is 24.3 Å². The monoisotopic (exact) mass is 504 g/mol. The van der Waals surface area contributed by atoms with E-state index in [9.17, 15) is 33.0 Å². The molecule has 0 aliphatic carbocycles. The van der Waals surface area contributed by atoms with Crippen LogP contribution in [-0.4, -0.2) is 67.4 Å². The van der Waals surface area contributed by atoms with Crippen LogP contribution in [0.3, 0.4) is 0 Å². The minimum Gasteiger partial charge on any atom is -0.478 e. The molecule has 2 atom stereocenters. The number of hydrogen-bond acceptors (Lipinski definition) is 7. The maximum Gasteiger partial charge on any atom is 0.434 e. The van der Waals surface area contributed by atoms with Crippen LogP contribution in [0.15, 0.2) is 60.9 Å². The summed E-state index contributed by atoms with van der Waals surface area (Å²) in [6.07, 6.45) is -4.13. The maximum atomic E-state index is 12.5. The van der Waals surface area contributed by atoms with Gasteiger partial charge >= 0.3 is 12.1 Å². The molecule has 0 spiro atoms. The van der Waals surface area contributed by atoms with Gasteiger partial charge in [0.25, 0.3) is 5.91 Å². The molecule has 1 fully saturated rings. The minimum absolute atomic E-state index is 0.123. The molecule has 12 heteroatoms. The summed E-state index contributed by atoms with van der Waals surface area (Å²) in [5, 5.41) is 28.2. The summed E-state index contributed by atoms with van der Waals surface area (Å²) in [4.78, 5) is 31.2. The van der Waals surface area contributed by atoms with Crippen LogP contribution in [0.4, 0.5) is 19.0 Å². The van der Waals surface area contributed by atoms with Gasteiger partial charge in [0, 0.05) is 18.7 Å². The lowest BCUT2D eigenvalue weighted by molar-refractivity contribution is -0.141. The number of aliphatic hydroxyl groups is 2. The number of piperidine rings is 1. The number of alkyl halides is 3. The van der Waals surface area contributed by atoms with Crippen LogP contribution in [0.2, 0.25) is 0 Å². The average molecular weight is 504 g/mol. The van der Waals surface area contributed by atoms with E-state index < -0.39 is 30.0 Å². The molecule has 0 bridgehead atoms. The average Bonchev–Trinajstić information content (AvgIpc) is 2.85. The highest BCUT2D eigenvalue weighted by molar-refractivity contribution is 5.95. The number of carboxylic acid groups (broad SMARTS) is 1. The molecule has 1 amide bonds. The van der Waals surface area contributed by atoms with Crippen molar-refractivity contribution >= 4 is 17.7 Å². The number of likely N-dealkylation sites (tertiary alicyclic amines) is 1. The summed E-state index contributed by atoms with van der Waals surface area (Å²) in [6.45, 7) is 0.536. The highest BCUT2D eigenvalue weighted by Gasteiger charge is 2.33. The van der Waals surface area contributed by atoms with Crippen molar-refractivity contribution in [3.63, 3.8) is 0 Å². The van der Waals surface area contributed by atoms with Gasteiger partial charge in [0.15, 0.2) is 5.69 Å². The van der Waals surface area contributed by atoms with Gasteiger partial charge in [0.2, 0.25) is 0 Å². The van der Waals surface area contributed by atoms with Crippen molar-refractivity contribution in [1.29, 1.82) is 0 Å². The van der Waals surface area contributed by atoms with Crippen molar-refractivity contribution in [3.05, 3.63) is 77.7 Å². The third kappa shape index (κ3) is 6.77. The van der Waals surface area contributed by atoms with E-state index in [2.05, 4.69) is 9.97 Å². The number of carbonyl (C=O) groups is 2. The number of carboxylic acids is 1. The van der Waals surface area contributed by atoms with E-state index >= 15 is 0 Å². The third-order valence-electron chi connectivity index (χ3n) is 5.37. The van der Waals surface area contributed by atoms with E-state index in [1.54, 1.807) is 36.4 Å². The number of aromatic nitrogens is 2. The normalized spacial score (nSPS) is 17.6. The second kappa shape index (κ2) is 11.1. The highest BCUT2D eigenvalue weighted by atomic mass is 19.4. The Hall–Kier alpha value is -4.03. The van der Waals surface area contributed by atoms with E-state index in [4.69, 9.17) is 10.8 Å². The Balaban J connectivity index is 0.000000275. The first-order valence-electron chi connectivity index (χ1n) is 10.7. The van der Waals surface area contributed by atoms with E-state index in [1.807, 2.05) is 0 Å². The topological polar surface area (TPSA) is 150 Å². The number of β-amino-alcohol motifs (C(OH)–C–C–N with tert-alkyl or cyclic N) is 1. The minimum atomic E-state index is -4.47.